The molecule has 0 saturated carbocycles. The highest BCUT2D eigenvalue weighted by Gasteiger charge is 2.11. The van der Waals surface area contributed by atoms with Crippen molar-refractivity contribution in [3.63, 3.8) is 0 Å². The highest BCUT2D eigenvalue weighted by Crippen LogP contribution is 2.30. The summed E-state index contributed by atoms with van der Waals surface area (Å²) in [6, 6.07) is 2.26. The van der Waals surface area contributed by atoms with Crippen molar-refractivity contribution < 1.29 is 4.42 Å². The predicted octanol–water partition coefficient (Wildman–Crippen LogP) is 2.79. The lowest BCUT2D eigenvalue weighted by Gasteiger charge is -1.99. The molecule has 1 aromatic heterocycles. The van der Waals surface area contributed by atoms with Gasteiger partial charge in [-0.25, -0.2) is 0 Å². The zero-order valence-electron chi connectivity index (χ0n) is 7.39. The molecular formula is C9H9BrN2O. The van der Waals surface area contributed by atoms with E-state index in [9.17, 15) is 0 Å². The van der Waals surface area contributed by atoms with Crippen molar-refractivity contribution in [3.05, 3.63) is 21.7 Å². The summed E-state index contributed by atoms with van der Waals surface area (Å²) in [4.78, 5) is 4.10. The average Bonchev–Trinajstić information content (AvgIpc) is 2.44. The molecule has 13 heavy (non-hydrogen) atoms. The van der Waals surface area contributed by atoms with Crippen molar-refractivity contribution >= 4 is 33.0 Å². The van der Waals surface area contributed by atoms with Gasteiger partial charge in [-0.15, -0.1) is 0 Å². The van der Waals surface area contributed by atoms with Gasteiger partial charge in [0.2, 0.25) is 0 Å². The van der Waals surface area contributed by atoms with Crippen molar-refractivity contribution in [2.24, 2.45) is 0 Å². The number of benzene rings is 1. The number of aromatic nitrogens is 1. The molecule has 0 unspecified atom stereocenters. The van der Waals surface area contributed by atoms with Crippen LogP contribution < -0.4 is 5.73 Å². The summed E-state index contributed by atoms with van der Waals surface area (Å²) < 4.78 is 6.21. The molecule has 0 atom stereocenters. The van der Waals surface area contributed by atoms with Crippen molar-refractivity contribution in [2.75, 3.05) is 5.73 Å². The summed E-state index contributed by atoms with van der Waals surface area (Å²) in [5.41, 5.74) is 9.25. The third kappa shape index (κ3) is 1.21. The van der Waals surface area contributed by atoms with E-state index in [2.05, 4.69) is 20.9 Å². The fourth-order valence-corrected chi connectivity index (χ4v) is 1.77. The smallest absolute Gasteiger partial charge is 0.293 e. The standard InChI is InChI=1S/C9H9BrN2O/c1-4-3-5(2)7-8(6(4)10)13-9(11)12-7/h3H,1-2H3,(H2,11,12). The lowest BCUT2D eigenvalue weighted by molar-refractivity contribution is 0.624. The lowest BCUT2D eigenvalue weighted by atomic mass is 10.1. The van der Waals surface area contributed by atoms with Gasteiger partial charge in [0.25, 0.3) is 6.01 Å². The first kappa shape index (κ1) is 8.56. The lowest BCUT2D eigenvalue weighted by Crippen LogP contribution is -1.83. The number of oxazole rings is 1. The van der Waals surface area contributed by atoms with Gasteiger partial charge >= 0.3 is 0 Å². The third-order valence-corrected chi connectivity index (χ3v) is 2.98. The Kier molecular flexibility index (Phi) is 1.80. The van der Waals surface area contributed by atoms with Gasteiger partial charge < -0.3 is 10.2 Å². The van der Waals surface area contributed by atoms with E-state index in [1.165, 1.54) is 0 Å². The Morgan fingerprint density at radius 1 is 1.38 bits per heavy atom. The van der Waals surface area contributed by atoms with E-state index < -0.39 is 0 Å². The first-order valence-corrected chi connectivity index (χ1v) is 4.70. The molecule has 0 aliphatic heterocycles. The van der Waals surface area contributed by atoms with Gasteiger partial charge in [-0.1, -0.05) is 6.07 Å². The molecule has 68 valence electrons. The molecule has 0 saturated heterocycles. The normalized spacial score (nSPS) is 11.0. The van der Waals surface area contributed by atoms with Gasteiger partial charge in [0.05, 0.1) is 4.47 Å². The number of aryl methyl sites for hydroxylation is 2. The zero-order chi connectivity index (χ0) is 9.59. The fourth-order valence-electron chi connectivity index (χ4n) is 1.39. The number of nitrogens with zero attached hydrogens (tertiary/aromatic N) is 1. The Morgan fingerprint density at radius 3 is 2.77 bits per heavy atom. The van der Waals surface area contributed by atoms with Crippen LogP contribution in [-0.2, 0) is 0 Å². The minimum absolute atomic E-state index is 0.212. The van der Waals surface area contributed by atoms with Crippen LogP contribution in [0.3, 0.4) is 0 Å². The van der Waals surface area contributed by atoms with Crippen LogP contribution in [0.15, 0.2) is 15.0 Å². The number of anilines is 1. The van der Waals surface area contributed by atoms with Gasteiger partial charge in [-0.2, -0.15) is 4.98 Å². The molecule has 0 spiro atoms. The van der Waals surface area contributed by atoms with Crippen LogP contribution in [0.1, 0.15) is 11.1 Å². The Bertz CT molecular complexity index is 476. The fraction of sp³-hybridized carbons (Fsp3) is 0.222. The van der Waals surface area contributed by atoms with Gasteiger partial charge in [-0.05, 0) is 40.9 Å². The Morgan fingerprint density at radius 2 is 2.08 bits per heavy atom. The van der Waals surface area contributed by atoms with E-state index in [-0.39, 0.29) is 6.01 Å². The van der Waals surface area contributed by atoms with Crippen LogP contribution in [0.25, 0.3) is 11.1 Å². The molecule has 1 aromatic carbocycles. The second kappa shape index (κ2) is 2.73. The maximum absolute atomic E-state index is 5.48. The summed E-state index contributed by atoms with van der Waals surface area (Å²) in [7, 11) is 0. The van der Waals surface area contributed by atoms with Gasteiger partial charge in [-0.3, -0.25) is 0 Å². The Balaban J connectivity index is 2.95. The van der Waals surface area contributed by atoms with E-state index >= 15 is 0 Å². The van der Waals surface area contributed by atoms with Gasteiger partial charge in [0.15, 0.2) is 5.58 Å². The minimum atomic E-state index is 0.212. The molecule has 0 bridgehead atoms. The van der Waals surface area contributed by atoms with E-state index in [1.54, 1.807) is 0 Å². The van der Waals surface area contributed by atoms with E-state index in [1.807, 2.05) is 19.9 Å². The molecular weight excluding hydrogens is 232 g/mol. The maximum atomic E-state index is 5.48. The van der Waals surface area contributed by atoms with Crippen LogP contribution >= 0.6 is 15.9 Å². The monoisotopic (exact) mass is 240 g/mol. The molecule has 2 N–H and O–H groups in total. The molecule has 1 heterocycles. The molecule has 2 rings (SSSR count). The Hall–Kier alpha value is -1.03. The second-order valence-electron chi connectivity index (χ2n) is 3.05. The van der Waals surface area contributed by atoms with Crippen LogP contribution in [0.2, 0.25) is 0 Å². The molecule has 0 aliphatic carbocycles. The number of halogens is 1. The zero-order valence-corrected chi connectivity index (χ0v) is 8.97. The van der Waals surface area contributed by atoms with Crippen molar-refractivity contribution in [1.82, 2.24) is 4.98 Å². The highest BCUT2D eigenvalue weighted by atomic mass is 79.9. The van der Waals surface area contributed by atoms with Crippen molar-refractivity contribution in [2.45, 2.75) is 13.8 Å². The highest BCUT2D eigenvalue weighted by molar-refractivity contribution is 9.10. The number of nitrogen functional groups attached to an aromatic ring is 1. The second-order valence-corrected chi connectivity index (χ2v) is 3.85. The number of fused-ring (bicyclic) bond motifs is 1. The summed E-state index contributed by atoms with van der Waals surface area (Å²) in [6.45, 7) is 4.00. The van der Waals surface area contributed by atoms with E-state index in [0.717, 1.165) is 26.7 Å². The molecule has 0 amide bonds. The Labute approximate surface area is 84.1 Å². The summed E-state index contributed by atoms with van der Waals surface area (Å²) in [5.74, 6) is 0. The predicted molar refractivity (Wildman–Crippen MR) is 55.6 cm³/mol. The largest absolute Gasteiger partial charge is 0.422 e. The third-order valence-electron chi connectivity index (χ3n) is 2.00. The SMILES string of the molecule is Cc1cc(C)c2nc(N)oc2c1Br. The van der Waals surface area contributed by atoms with Crippen LogP contribution in [-0.4, -0.2) is 4.98 Å². The number of hydrogen-bond donors (Lipinski definition) is 1. The summed E-state index contributed by atoms with van der Waals surface area (Å²) in [5, 5.41) is 0. The topological polar surface area (TPSA) is 52.0 Å². The van der Waals surface area contributed by atoms with Crippen LogP contribution in [0.4, 0.5) is 6.01 Å². The molecule has 3 nitrogen and oxygen atoms in total. The van der Waals surface area contributed by atoms with E-state index in [0.29, 0.717) is 0 Å². The van der Waals surface area contributed by atoms with Crippen molar-refractivity contribution in [1.29, 1.82) is 0 Å². The number of nitrogens with two attached hydrogens (primary N) is 1. The van der Waals surface area contributed by atoms with Crippen molar-refractivity contribution in [3.8, 4) is 0 Å². The van der Waals surface area contributed by atoms with Crippen LogP contribution in [0, 0.1) is 13.8 Å². The van der Waals surface area contributed by atoms with E-state index in [4.69, 9.17) is 10.2 Å². The molecule has 4 heteroatoms. The quantitative estimate of drug-likeness (QED) is 0.771. The summed E-state index contributed by atoms with van der Waals surface area (Å²) >= 11 is 3.44. The van der Waals surface area contributed by atoms with Gasteiger partial charge in [0.1, 0.15) is 5.52 Å². The maximum Gasteiger partial charge on any atom is 0.293 e. The minimum Gasteiger partial charge on any atom is -0.422 e. The molecule has 0 aliphatic rings. The average molecular weight is 241 g/mol. The summed E-state index contributed by atoms with van der Waals surface area (Å²) in [6.07, 6.45) is 0. The first-order chi connectivity index (χ1) is 6.09. The number of rotatable bonds is 0. The van der Waals surface area contributed by atoms with Gasteiger partial charge in [0, 0.05) is 0 Å². The molecule has 2 aromatic rings. The molecule has 0 radical (unpaired) electrons. The first-order valence-electron chi connectivity index (χ1n) is 3.91. The molecule has 0 fully saturated rings. The van der Waals surface area contributed by atoms with Crippen LogP contribution in [0.5, 0.6) is 0 Å². The number of hydrogen-bond acceptors (Lipinski definition) is 3.